The van der Waals surface area contributed by atoms with Gasteiger partial charge in [0.1, 0.15) is 5.69 Å². The molecule has 0 radical (unpaired) electrons. The number of rotatable bonds is 5. The third-order valence-electron chi connectivity index (χ3n) is 2.70. The van der Waals surface area contributed by atoms with Gasteiger partial charge in [0.25, 0.3) is 0 Å². The second-order valence-electron chi connectivity index (χ2n) is 4.02. The Morgan fingerprint density at radius 1 is 1.67 bits per heavy atom. The summed E-state index contributed by atoms with van der Waals surface area (Å²) in [4.78, 5) is 17.8. The van der Waals surface area contributed by atoms with E-state index in [-0.39, 0.29) is 11.7 Å². The van der Waals surface area contributed by atoms with Crippen LogP contribution in [0.1, 0.15) is 23.8 Å². The van der Waals surface area contributed by atoms with E-state index in [0.29, 0.717) is 11.4 Å². The number of hydrogen-bond donors (Lipinski definition) is 1. The van der Waals surface area contributed by atoms with Crippen molar-refractivity contribution in [2.24, 2.45) is 5.73 Å². The lowest BCUT2D eigenvalue weighted by atomic mass is 10.2. The molecule has 18 heavy (non-hydrogen) atoms. The Bertz CT molecular complexity index is 451. The van der Waals surface area contributed by atoms with Gasteiger partial charge in [0.15, 0.2) is 0 Å². The summed E-state index contributed by atoms with van der Waals surface area (Å²) in [6.07, 6.45) is 2.19. The Morgan fingerprint density at radius 2 is 2.33 bits per heavy atom. The molecule has 0 aliphatic carbocycles. The first-order valence-electron chi connectivity index (χ1n) is 5.51. The Morgan fingerprint density at radius 3 is 2.89 bits per heavy atom. The Balaban J connectivity index is 2.89. The molecule has 1 aromatic rings. The van der Waals surface area contributed by atoms with Crippen molar-refractivity contribution in [3.05, 3.63) is 24.0 Å². The van der Waals surface area contributed by atoms with E-state index in [1.165, 1.54) is 7.11 Å². The highest BCUT2D eigenvalue weighted by Crippen LogP contribution is 2.17. The van der Waals surface area contributed by atoms with Crippen LogP contribution in [0.2, 0.25) is 0 Å². The largest absolute Gasteiger partial charge is 0.464 e. The lowest BCUT2D eigenvalue weighted by Crippen LogP contribution is -2.32. The fourth-order valence-corrected chi connectivity index (χ4v) is 1.78. The van der Waals surface area contributed by atoms with Gasteiger partial charge in [-0.2, -0.15) is 0 Å². The summed E-state index contributed by atoms with van der Waals surface area (Å²) in [5.74, 6) is -0.452. The molecule has 2 N–H and O–H groups in total. The summed E-state index contributed by atoms with van der Waals surface area (Å²) in [5.41, 5.74) is 6.68. The summed E-state index contributed by atoms with van der Waals surface area (Å²) >= 11 is 4.89. The first kappa shape index (κ1) is 14.4. The van der Waals surface area contributed by atoms with Crippen LogP contribution in [-0.4, -0.2) is 36.1 Å². The maximum Gasteiger partial charge on any atom is 0.356 e. The summed E-state index contributed by atoms with van der Waals surface area (Å²) in [7, 11) is 3.25. The van der Waals surface area contributed by atoms with E-state index in [1.54, 1.807) is 12.3 Å². The van der Waals surface area contributed by atoms with Crippen molar-refractivity contribution in [1.82, 2.24) is 4.98 Å². The highest BCUT2D eigenvalue weighted by molar-refractivity contribution is 7.80. The average Bonchev–Trinajstić information content (AvgIpc) is 2.36. The minimum Gasteiger partial charge on any atom is -0.464 e. The predicted molar refractivity (Wildman–Crippen MR) is 74.8 cm³/mol. The van der Waals surface area contributed by atoms with Crippen LogP contribution >= 0.6 is 12.2 Å². The maximum absolute atomic E-state index is 11.4. The number of anilines is 1. The number of nitrogens with zero attached hydrogens (tertiary/aromatic N) is 2. The molecule has 0 aliphatic rings. The molecule has 0 aliphatic heterocycles. The third kappa shape index (κ3) is 3.66. The van der Waals surface area contributed by atoms with E-state index >= 15 is 0 Å². The van der Waals surface area contributed by atoms with Crippen molar-refractivity contribution in [3.63, 3.8) is 0 Å². The number of methoxy groups -OCH3 is 1. The number of ether oxygens (including phenoxy) is 1. The van der Waals surface area contributed by atoms with Crippen LogP contribution in [0.4, 0.5) is 5.69 Å². The quantitative estimate of drug-likeness (QED) is 0.642. The molecular formula is C12H17N3O2S. The summed E-state index contributed by atoms with van der Waals surface area (Å²) in [5, 5.41) is 0. The summed E-state index contributed by atoms with van der Waals surface area (Å²) < 4.78 is 4.64. The lowest BCUT2D eigenvalue weighted by molar-refractivity contribution is 0.0594. The van der Waals surface area contributed by atoms with Crippen LogP contribution < -0.4 is 10.6 Å². The zero-order valence-corrected chi connectivity index (χ0v) is 11.5. The minimum absolute atomic E-state index is 0.149. The zero-order valence-electron chi connectivity index (χ0n) is 10.7. The normalized spacial score (nSPS) is 11.7. The van der Waals surface area contributed by atoms with Crippen molar-refractivity contribution in [2.75, 3.05) is 19.1 Å². The van der Waals surface area contributed by atoms with E-state index in [0.717, 1.165) is 5.69 Å². The van der Waals surface area contributed by atoms with Gasteiger partial charge >= 0.3 is 5.97 Å². The van der Waals surface area contributed by atoms with Crippen LogP contribution in [0.15, 0.2) is 18.3 Å². The second kappa shape index (κ2) is 6.30. The van der Waals surface area contributed by atoms with Crippen molar-refractivity contribution in [3.8, 4) is 0 Å². The van der Waals surface area contributed by atoms with Gasteiger partial charge in [0, 0.05) is 31.4 Å². The molecule has 5 nitrogen and oxygen atoms in total. The molecule has 1 aromatic heterocycles. The van der Waals surface area contributed by atoms with Gasteiger partial charge < -0.3 is 15.4 Å². The Labute approximate surface area is 112 Å². The van der Waals surface area contributed by atoms with Gasteiger partial charge in [-0.15, -0.1) is 0 Å². The molecule has 6 heteroatoms. The number of thiocarbonyl (C=S) groups is 1. The summed E-state index contributed by atoms with van der Waals surface area (Å²) in [6, 6.07) is 3.65. The monoisotopic (exact) mass is 267 g/mol. The van der Waals surface area contributed by atoms with E-state index in [9.17, 15) is 4.79 Å². The van der Waals surface area contributed by atoms with Crippen LogP contribution in [-0.2, 0) is 4.74 Å². The van der Waals surface area contributed by atoms with E-state index in [4.69, 9.17) is 18.0 Å². The van der Waals surface area contributed by atoms with Gasteiger partial charge in [-0.3, -0.25) is 0 Å². The lowest BCUT2D eigenvalue weighted by Gasteiger charge is -2.26. The Hall–Kier alpha value is -1.69. The maximum atomic E-state index is 11.4. The molecule has 0 aromatic carbocycles. The van der Waals surface area contributed by atoms with Crippen molar-refractivity contribution < 1.29 is 9.53 Å². The van der Waals surface area contributed by atoms with Gasteiger partial charge in [-0.05, 0) is 19.1 Å². The highest BCUT2D eigenvalue weighted by atomic mass is 32.1. The number of hydrogen-bond acceptors (Lipinski definition) is 5. The minimum atomic E-state index is -0.452. The van der Waals surface area contributed by atoms with Gasteiger partial charge in [0.2, 0.25) is 0 Å². The number of aromatic nitrogens is 1. The van der Waals surface area contributed by atoms with Crippen LogP contribution in [0.3, 0.4) is 0 Å². The Kier molecular flexibility index (Phi) is 5.03. The number of nitrogens with two attached hydrogens (primary N) is 1. The number of pyridine rings is 1. The first-order valence-corrected chi connectivity index (χ1v) is 5.92. The van der Waals surface area contributed by atoms with Gasteiger partial charge in [-0.1, -0.05) is 12.2 Å². The molecule has 0 saturated heterocycles. The third-order valence-corrected chi connectivity index (χ3v) is 2.87. The average molecular weight is 267 g/mol. The summed E-state index contributed by atoms with van der Waals surface area (Å²) in [6.45, 7) is 2.01. The fraction of sp³-hybridized carbons (Fsp3) is 0.417. The molecule has 1 rings (SSSR count). The molecule has 0 bridgehead atoms. The van der Waals surface area contributed by atoms with E-state index < -0.39 is 5.97 Å². The molecule has 0 spiro atoms. The predicted octanol–water partition coefficient (Wildman–Crippen LogP) is 1.37. The topological polar surface area (TPSA) is 68.5 Å². The standard InChI is InChI=1S/C12H17N3O2S/c1-8(6-11(13)18)15(2)9-4-5-14-10(7-9)12(16)17-3/h4-5,7-8H,6H2,1-3H3,(H2,13,18). The smallest absolute Gasteiger partial charge is 0.356 e. The molecule has 1 heterocycles. The van der Waals surface area contributed by atoms with Gasteiger partial charge in [-0.25, -0.2) is 9.78 Å². The highest BCUT2D eigenvalue weighted by Gasteiger charge is 2.14. The number of carbonyl (C=O) groups is 1. The van der Waals surface area contributed by atoms with Crippen LogP contribution in [0, 0.1) is 0 Å². The SMILES string of the molecule is COC(=O)c1cc(N(C)C(C)CC(N)=S)ccn1. The van der Waals surface area contributed by atoms with E-state index in [1.807, 2.05) is 24.9 Å². The first-order chi connectivity index (χ1) is 8.45. The van der Waals surface area contributed by atoms with Gasteiger partial charge in [0.05, 0.1) is 12.1 Å². The number of esters is 1. The van der Waals surface area contributed by atoms with Crippen LogP contribution in [0.25, 0.3) is 0 Å². The van der Waals surface area contributed by atoms with Crippen LogP contribution in [0.5, 0.6) is 0 Å². The molecule has 98 valence electrons. The molecule has 0 saturated carbocycles. The van der Waals surface area contributed by atoms with E-state index in [2.05, 4.69) is 9.72 Å². The molecular weight excluding hydrogens is 250 g/mol. The molecule has 1 unspecified atom stereocenters. The fourth-order valence-electron chi connectivity index (χ4n) is 1.54. The zero-order chi connectivity index (χ0) is 13.7. The second-order valence-corrected chi connectivity index (χ2v) is 4.55. The number of carbonyl (C=O) groups excluding carboxylic acids is 1. The molecule has 0 fully saturated rings. The molecule has 1 atom stereocenters. The van der Waals surface area contributed by atoms with Crippen molar-refractivity contribution in [2.45, 2.75) is 19.4 Å². The van der Waals surface area contributed by atoms with Crippen molar-refractivity contribution in [1.29, 1.82) is 0 Å². The van der Waals surface area contributed by atoms with Crippen molar-refractivity contribution >= 4 is 28.9 Å². The molecule has 0 amide bonds.